The zero-order valence-corrected chi connectivity index (χ0v) is 14.8. The summed E-state index contributed by atoms with van der Waals surface area (Å²) in [6.07, 6.45) is 10.0. The molecule has 0 aromatic rings. The van der Waals surface area contributed by atoms with E-state index in [-0.39, 0.29) is 4.84 Å². The van der Waals surface area contributed by atoms with Crippen molar-refractivity contribution in [1.82, 2.24) is 0 Å². The minimum atomic E-state index is -0.189. The highest BCUT2D eigenvalue weighted by atomic mass is 35.5. The number of rotatable bonds is 13. The fourth-order valence-corrected chi connectivity index (χ4v) is 3.04. The Morgan fingerprint density at radius 2 is 1.05 bits per heavy atom. The first-order chi connectivity index (χ1) is 9.10. The van der Waals surface area contributed by atoms with Crippen LogP contribution in [-0.2, 0) is 0 Å². The molecule has 0 amide bonds. The first-order valence-corrected chi connectivity index (χ1v) is 9.10. The van der Waals surface area contributed by atoms with Crippen LogP contribution in [0.2, 0.25) is 0 Å². The number of hydrogen-bond donors (Lipinski definition) is 0. The van der Waals surface area contributed by atoms with Crippen molar-refractivity contribution in [3.63, 3.8) is 0 Å². The Morgan fingerprint density at radius 1 is 0.684 bits per heavy atom. The van der Waals surface area contributed by atoms with Crippen molar-refractivity contribution in [2.75, 3.05) is 26.2 Å². The molecule has 0 atom stereocenters. The van der Waals surface area contributed by atoms with Gasteiger partial charge in [0.1, 0.15) is 4.84 Å². The van der Waals surface area contributed by atoms with Crippen molar-refractivity contribution in [2.45, 2.75) is 77.0 Å². The predicted molar refractivity (Wildman–Crippen MR) is 89.2 cm³/mol. The standard InChI is InChI=1S/C16H34Cl2N/c1-4-7-12-19(13-8-5-2,14-9-6-3)15-10-11-16(17)18/h16H,4-15H2,1-3H3/q+1. The van der Waals surface area contributed by atoms with E-state index < -0.39 is 0 Å². The molecule has 0 aromatic heterocycles. The average molecular weight is 311 g/mol. The molecule has 0 aromatic carbocycles. The topological polar surface area (TPSA) is 0 Å². The van der Waals surface area contributed by atoms with E-state index in [1.54, 1.807) is 0 Å². The van der Waals surface area contributed by atoms with Crippen LogP contribution in [0.5, 0.6) is 0 Å². The molecule has 0 unspecified atom stereocenters. The molecular formula is C16H34Cl2N+. The maximum atomic E-state index is 5.88. The molecule has 0 aliphatic heterocycles. The SMILES string of the molecule is CCCC[N+](CCCC)(CCCC)CCCC(Cl)Cl. The van der Waals surface area contributed by atoms with Crippen LogP contribution in [0.25, 0.3) is 0 Å². The molecule has 0 bridgehead atoms. The van der Waals surface area contributed by atoms with Gasteiger partial charge in [0.2, 0.25) is 0 Å². The summed E-state index contributed by atoms with van der Waals surface area (Å²) >= 11 is 11.8. The summed E-state index contributed by atoms with van der Waals surface area (Å²) in [6.45, 7) is 12.2. The zero-order chi connectivity index (χ0) is 14.6. The molecular weight excluding hydrogens is 277 g/mol. The van der Waals surface area contributed by atoms with Crippen molar-refractivity contribution in [3.05, 3.63) is 0 Å². The van der Waals surface area contributed by atoms with Crippen LogP contribution in [0.3, 0.4) is 0 Å². The lowest BCUT2D eigenvalue weighted by atomic mass is 10.1. The third-order valence-corrected chi connectivity index (χ3v) is 4.45. The van der Waals surface area contributed by atoms with Gasteiger partial charge in [-0.25, -0.2) is 0 Å². The van der Waals surface area contributed by atoms with E-state index in [1.165, 1.54) is 69.2 Å². The maximum absolute atomic E-state index is 5.88. The molecule has 0 fully saturated rings. The summed E-state index contributed by atoms with van der Waals surface area (Å²) in [6, 6.07) is 0. The highest BCUT2D eigenvalue weighted by molar-refractivity contribution is 6.44. The highest BCUT2D eigenvalue weighted by Crippen LogP contribution is 2.18. The van der Waals surface area contributed by atoms with Gasteiger partial charge in [0.05, 0.1) is 26.2 Å². The summed E-state index contributed by atoms with van der Waals surface area (Å²) in [5.74, 6) is 0. The number of alkyl halides is 2. The monoisotopic (exact) mass is 310 g/mol. The number of nitrogens with zero attached hydrogens (tertiary/aromatic N) is 1. The van der Waals surface area contributed by atoms with Crippen LogP contribution in [0.4, 0.5) is 0 Å². The molecule has 0 N–H and O–H groups in total. The Bertz CT molecular complexity index is 173. The van der Waals surface area contributed by atoms with Crippen LogP contribution in [0.1, 0.15) is 72.1 Å². The minimum absolute atomic E-state index is 0.189. The molecule has 0 rings (SSSR count). The van der Waals surface area contributed by atoms with Gasteiger partial charge < -0.3 is 4.48 Å². The zero-order valence-electron chi connectivity index (χ0n) is 13.3. The lowest BCUT2D eigenvalue weighted by Gasteiger charge is -2.39. The first kappa shape index (κ1) is 19.5. The molecule has 0 radical (unpaired) electrons. The van der Waals surface area contributed by atoms with E-state index in [2.05, 4.69) is 20.8 Å². The molecule has 3 heteroatoms. The van der Waals surface area contributed by atoms with Gasteiger partial charge in [0.15, 0.2) is 0 Å². The summed E-state index contributed by atoms with van der Waals surface area (Å²) in [5, 5.41) is 0. The third kappa shape index (κ3) is 9.98. The van der Waals surface area contributed by atoms with Gasteiger partial charge >= 0.3 is 0 Å². The van der Waals surface area contributed by atoms with Crippen molar-refractivity contribution in [3.8, 4) is 0 Å². The van der Waals surface area contributed by atoms with E-state index in [0.29, 0.717) is 0 Å². The normalized spacial score (nSPS) is 12.3. The number of hydrogen-bond acceptors (Lipinski definition) is 0. The smallest absolute Gasteiger partial charge is 0.108 e. The van der Waals surface area contributed by atoms with Gasteiger partial charge in [-0.1, -0.05) is 40.0 Å². The second-order valence-corrected chi connectivity index (χ2v) is 7.11. The summed E-state index contributed by atoms with van der Waals surface area (Å²) < 4.78 is 1.30. The second kappa shape index (κ2) is 12.3. The van der Waals surface area contributed by atoms with Crippen LogP contribution in [-0.4, -0.2) is 35.5 Å². The molecule has 0 saturated heterocycles. The lowest BCUT2D eigenvalue weighted by molar-refractivity contribution is -0.929. The quantitative estimate of drug-likeness (QED) is 0.298. The van der Waals surface area contributed by atoms with Gasteiger partial charge in [-0.15, -0.1) is 23.2 Å². The van der Waals surface area contributed by atoms with Crippen LogP contribution < -0.4 is 0 Å². The Kier molecular flexibility index (Phi) is 12.6. The third-order valence-electron chi connectivity index (χ3n) is 4.01. The fraction of sp³-hybridized carbons (Fsp3) is 1.00. The molecule has 0 aliphatic carbocycles. The summed E-state index contributed by atoms with van der Waals surface area (Å²) in [7, 11) is 0. The largest absolute Gasteiger partial charge is 0.324 e. The lowest BCUT2D eigenvalue weighted by Crippen LogP contribution is -2.50. The minimum Gasteiger partial charge on any atom is -0.324 e. The van der Waals surface area contributed by atoms with E-state index in [1.807, 2.05) is 0 Å². The van der Waals surface area contributed by atoms with Crippen LogP contribution in [0, 0.1) is 0 Å². The van der Waals surface area contributed by atoms with E-state index >= 15 is 0 Å². The Hall–Kier alpha value is 0.540. The first-order valence-electron chi connectivity index (χ1n) is 8.23. The van der Waals surface area contributed by atoms with E-state index in [4.69, 9.17) is 23.2 Å². The summed E-state index contributed by atoms with van der Waals surface area (Å²) in [5.41, 5.74) is 0. The second-order valence-electron chi connectivity index (χ2n) is 5.83. The van der Waals surface area contributed by atoms with E-state index in [0.717, 1.165) is 12.8 Å². The average Bonchev–Trinajstić information content (AvgIpc) is 2.39. The van der Waals surface area contributed by atoms with Gasteiger partial charge in [0, 0.05) is 0 Å². The van der Waals surface area contributed by atoms with E-state index in [9.17, 15) is 0 Å². The van der Waals surface area contributed by atoms with Gasteiger partial charge in [-0.05, 0) is 32.1 Å². The number of quaternary nitrogens is 1. The summed E-state index contributed by atoms with van der Waals surface area (Å²) in [4.78, 5) is -0.189. The number of halogens is 2. The van der Waals surface area contributed by atoms with Gasteiger partial charge in [-0.3, -0.25) is 0 Å². The van der Waals surface area contributed by atoms with Crippen molar-refractivity contribution < 1.29 is 4.48 Å². The highest BCUT2D eigenvalue weighted by Gasteiger charge is 2.25. The number of unbranched alkanes of at least 4 members (excludes halogenated alkanes) is 3. The molecule has 0 aliphatic rings. The Labute approximate surface area is 131 Å². The molecule has 116 valence electrons. The molecule has 0 saturated carbocycles. The Balaban J connectivity index is 4.47. The maximum Gasteiger partial charge on any atom is 0.108 e. The molecule has 19 heavy (non-hydrogen) atoms. The van der Waals surface area contributed by atoms with Crippen LogP contribution in [0.15, 0.2) is 0 Å². The van der Waals surface area contributed by atoms with Crippen molar-refractivity contribution in [2.24, 2.45) is 0 Å². The molecule has 0 spiro atoms. The molecule has 1 nitrogen and oxygen atoms in total. The van der Waals surface area contributed by atoms with Gasteiger partial charge in [-0.2, -0.15) is 0 Å². The van der Waals surface area contributed by atoms with Gasteiger partial charge in [0.25, 0.3) is 0 Å². The van der Waals surface area contributed by atoms with Crippen LogP contribution >= 0.6 is 23.2 Å². The van der Waals surface area contributed by atoms with Crippen molar-refractivity contribution in [1.29, 1.82) is 0 Å². The predicted octanol–water partition coefficient (Wildman–Crippen LogP) is 5.79. The Morgan fingerprint density at radius 3 is 1.37 bits per heavy atom. The molecule has 0 heterocycles. The van der Waals surface area contributed by atoms with Crippen molar-refractivity contribution >= 4 is 23.2 Å². The fourth-order valence-electron chi connectivity index (χ4n) is 2.73.